The van der Waals surface area contributed by atoms with E-state index < -0.39 is 17.9 Å². The van der Waals surface area contributed by atoms with Crippen LogP contribution in [-0.2, 0) is 20.7 Å². The number of benzene rings is 1. The maximum atomic E-state index is 12.0. The summed E-state index contributed by atoms with van der Waals surface area (Å²) in [5.74, 6) is -2.66. The monoisotopic (exact) mass is 322 g/mol. The Bertz CT molecular complexity index is 604. The second-order valence-corrected chi connectivity index (χ2v) is 4.42. The van der Waals surface area contributed by atoms with E-state index in [1.807, 2.05) is 0 Å². The summed E-state index contributed by atoms with van der Waals surface area (Å²) in [5, 5.41) is 18.2. The summed E-state index contributed by atoms with van der Waals surface area (Å²) in [5.41, 5.74) is 0.0367. The molecular formula is C16H18O7. The third-order valence-corrected chi connectivity index (χ3v) is 2.83. The van der Waals surface area contributed by atoms with Crippen LogP contribution in [0.2, 0.25) is 0 Å². The van der Waals surface area contributed by atoms with Gasteiger partial charge >= 0.3 is 17.9 Å². The van der Waals surface area contributed by atoms with Crippen LogP contribution in [0.3, 0.4) is 0 Å². The summed E-state index contributed by atoms with van der Waals surface area (Å²) in [7, 11) is 0. The zero-order valence-corrected chi connectivity index (χ0v) is 12.7. The number of rotatable bonds is 8. The van der Waals surface area contributed by atoms with Crippen LogP contribution < -0.4 is 0 Å². The first-order valence-electron chi connectivity index (χ1n) is 6.93. The van der Waals surface area contributed by atoms with Gasteiger partial charge in [0.2, 0.25) is 0 Å². The number of carbonyl (C=O) groups is 3. The second kappa shape index (κ2) is 9.37. The SMILES string of the molecule is CC=CC(=O)OCCOC(=O)c1cccc(CCO)c1C(=O)O. The lowest BCUT2D eigenvalue weighted by molar-refractivity contribution is -0.138. The molecule has 7 nitrogen and oxygen atoms in total. The molecule has 0 fully saturated rings. The van der Waals surface area contributed by atoms with Gasteiger partial charge in [-0.3, -0.25) is 0 Å². The number of carboxylic acids is 1. The van der Waals surface area contributed by atoms with Crippen molar-refractivity contribution in [3.8, 4) is 0 Å². The minimum Gasteiger partial charge on any atom is -0.478 e. The molecular weight excluding hydrogens is 304 g/mol. The van der Waals surface area contributed by atoms with E-state index in [-0.39, 0.29) is 37.4 Å². The van der Waals surface area contributed by atoms with Crippen LogP contribution in [0.4, 0.5) is 0 Å². The van der Waals surface area contributed by atoms with Gasteiger partial charge in [0.25, 0.3) is 0 Å². The Morgan fingerprint density at radius 2 is 1.87 bits per heavy atom. The van der Waals surface area contributed by atoms with Gasteiger partial charge in [-0.25, -0.2) is 14.4 Å². The molecule has 0 amide bonds. The molecule has 1 aromatic rings. The van der Waals surface area contributed by atoms with E-state index in [9.17, 15) is 19.5 Å². The highest BCUT2D eigenvalue weighted by molar-refractivity contribution is 6.03. The van der Waals surface area contributed by atoms with Crippen LogP contribution in [0, 0.1) is 0 Å². The molecule has 1 aromatic carbocycles. The van der Waals surface area contributed by atoms with E-state index in [0.29, 0.717) is 5.56 Å². The van der Waals surface area contributed by atoms with Crippen molar-refractivity contribution in [3.05, 3.63) is 47.0 Å². The normalized spacial score (nSPS) is 10.5. The predicted molar refractivity (Wildman–Crippen MR) is 80.2 cm³/mol. The van der Waals surface area contributed by atoms with Crippen molar-refractivity contribution in [2.75, 3.05) is 19.8 Å². The molecule has 0 aliphatic heterocycles. The van der Waals surface area contributed by atoms with E-state index in [1.54, 1.807) is 6.92 Å². The maximum Gasteiger partial charge on any atom is 0.339 e. The van der Waals surface area contributed by atoms with Gasteiger partial charge < -0.3 is 19.7 Å². The minimum absolute atomic E-state index is 0.108. The number of hydrogen-bond acceptors (Lipinski definition) is 6. The predicted octanol–water partition coefficient (Wildman–Crippen LogP) is 1.20. The third kappa shape index (κ3) is 5.55. The van der Waals surface area contributed by atoms with Crippen LogP contribution in [-0.4, -0.2) is 47.9 Å². The molecule has 0 bridgehead atoms. The smallest absolute Gasteiger partial charge is 0.339 e. The number of aromatic carboxylic acids is 1. The molecule has 0 saturated carbocycles. The van der Waals surface area contributed by atoms with Crippen molar-refractivity contribution in [3.63, 3.8) is 0 Å². The molecule has 7 heteroatoms. The van der Waals surface area contributed by atoms with E-state index in [2.05, 4.69) is 0 Å². The van der Waals surface area contributed by atoms with Crippen LogP contribution in [0.1, 0.15) is 33.2 Å². The van der Waals surface area contributed by atoms with Crippen LogP contribution >= 0.6 is 0 Å². The van der Waals surface area contributed by atoms with Crippen LogP contribution in [0.25, 0.3) is 0 Å². The molecule has 1 rings (SSSR count). The quantitative estimate of drug-likeness (QED) is 0.420. The number of carboxylic acid groups (broad SMARTS) is 1. The molecule has 0 unspecified atom stereocenters. The number of ether oxygens (including phenoxy) is 2. The van der Waals surface area contributed by atoms with Crippen molar-refractivity contribution in [2.24, 2.45) is 0 Å². The van der Waals surface area contributed by atoms with Gasteiger partial charge in [-0.15, -0.1) is 0 Å². The first kappa shape index (κ1) is 18.4. The molecule has 0 spiro atoms. The van der Waals surface area contributed by atoms with Crippen molar-refractivity contribution < 1.29 is 34.1 Å². The van der Waals surface area contributed by atoms with Crippen molar-refractivity contribution in [2.45, 2.75) is 13.3 Å². The molecule has 0 aliphatic carbocycles. The van der Waals surface area contributed by atoms with Gasteiger partial charge in [-0.2, -0.15) is 0 Å². The average Bonchev–Trinajstić information content (AvgIpc) is 2.51. The van der Waals surface area contributed by atoms with Crippen LogP contribution in [0.15, 0.2) is 30.4 Å². The topological polar surface area (TPSA) is 110 Å². The number of allylic oxidation sites excluding steroid dienone is 1. The zero-order valence-electron chi connectivity index (χ0n) is 12.7. The largest absolute Gasteiger partial charge is 0.478 e. The summed E-state index contributed by atoms with van der Waals surface area (Å²) in [6.07, 6.45) is 2.85. The highest BCUT2D eigenvalue weighted by Gasteiger charge is 2.21. The zero-order chi connectivity index (χ0) is 17.2. The molecule has 0 radical (unpaired) electrons. The average molecular weight is 322 g/mol. The van der Waals surface area contributed by atoms with E-state index in [4.69, 9.17) is 14.6 Å². The van der Waals surface area contributed by atoms with Gasteiger partial charge in [0.1, 0.15) is 13.2 Å². The number of carbonyl (C=O) groups excluding carboxylic acids is 2. The number of hydrogen-bond donors (Lipinski definition) is 2. The lowest BCUT2D eigenvalue weighted by atomic mass is 9.99. The number of aliphatic hydroxyl groups excluding tert-OH is 1. The molecule has 0 saturated heterocycles. The summed E-state index contributed by atoms with van der Waals surface area (Å²) in [6, 6.07) is 4.37. The van der Waals surface area contributed by atoms with E-state index in [1.165, 1.54) is 30.4 Å². The lowest BCUT2D eigenvalue weighted by Gasteiger charge is -2.10. The van der Waals surface area contributed by atoms with Crippen molar-refractivity contribution in [1.82, 2.24) is 0 Å². The first-order chi connectivity index (χ1) is 11.0. The Morgan fingerprint density at radius 1 is 1.17 bits per heavy atom. The van der Waals surface area contributed by atoms with E-state index >= 15 is 0 Å². The Labute approximate surface area is 133 Å². The fourth-order valence-electron chi connectivity index (χ4n) is 1.89. The van der Waals surface area contributed by atoms with Crippen molar-refractivity contribution >= 4 is 17.9 Å². The van der Waals surface area contributed by atoms with Gasteiger partial charge in [0, 0.05) is 12.7 Å². The Kier molecular flexibility index (Phi) is 7.49. The first-order valence-corrected chi connectivity index (χ1v) is 6.93. The molecule has 124 valence electrons. The van der Waals surface area contributed by atoms with Gasteiger partial charge in [-0.05, 0) is 25.0 Å². The standard InChI is InChI=1S/C16H18O7/c1-2-4-13(18)22-9-10-23-16(21)12-6-3-5-11(7-8-17)14(12)15(19)20/h2-6,17H,7-10H2,1H3,(H,19,20). The lowest BCUT2D eigenvalue weighted by Crippen LogP contribution is -2.17. The second-order valence-electron chi connectivity index (χ2n) is 4.42. The Hall–Kier alpha value is -2.67. The summed E-state index contributed by atoms with van der Waals surface area (Å²) < 4.78 is 9.67. The fraction of sp³-hybridized carbons (Fsp3) is 0.312. The summed E-state index contributed by atoms with van der Waals surface area (Å²) in [6.45, 7) is 1.10. The molecule has 0 aromatic heterocycles. The summed E-state index contributed by atoms with van der Waals surface area (Å²) >= 11 is 0. The highest BCUT2D eigenvalue weighted by atomic mass is 16.6. The van der Waals surface area contributed by atoms with Crippen LogP contribution in [0.5, 0.6) is 0 Å². The molecule has 0 atom stereocenters. The molecule has 0 heterocycles. The van der Waals surface area contributed by atoms with Gasteiger partial charge in [0.15, 0.2) is 0 Å². The maximum absolute atomic E-state index is 12.0. The summed E-state index contributed by atoms with van der Waals surface area (Å²) in [4.78, 5) is 34.4. The van der Waals surface area contributed by atoms with Gasteiger partial charge in [-0.1, -0.05) is 18.2 Å². The number of aliphatic hydroxyl groups is 1. The fourth-order valence-corrected chi connectivity index (χ4v) is 1.89. The molecule has 2 N–H and O–H groups in total. The Morgan fingerprint density at radius 3 is 2.48 bits per heavy atom. The third-order valence-electron chi connectivity index (χ3n) is 2.83. The van der Waals surface area contributed by atoms with Gasteiger partial charge in [0.05, 0.1) is 11.1 Å². The van der Waals surface area contributed by atoms with E-state index in [0.717, 1.165) is 0 Å². The number of esters is 2. The minimum atomic E-state index is -1.28. The molecule has 0 aliphatic rings. The highest BCUT2D eigenvalue weighted by Crippen LogP contribution is 2.17. The van der Waals surface area contributed by atoms with Crippen molar-refractivity contribution in [1.29, 1.82) is 0 Å². The molecule has 23 heavy (non-hydrogen) atoms. The Balaban J connectivity index is 2.74.